The molecule has 88 valence electrons. The van der Waals surface area contributed by atoms with E-state index in [1.807, 2.05) is 36.4 Å². The maximum Gasteiger partial charge on any atom is 0.123 e. The molecule has 3 rings (SSSR count). The van der Waals surface area contributed by atoms with Gasteiger partial charge in [-0.25, -0.2) is 4.39 Å². The number of fused-ring (bicyclic) bond motifs is 1. The SMILES string of the molecule is C=C(c1ccccc1)c1cc2cc(F)ccc2[nH]1. The summed E-state index contributed by atoms with van der Waals surface area (Å²) in [5, 5.41) is 0.863. The molecule has 0 atom stereocenters. The molecule has 2 heteroatoms. The number of hydrogen-bond acceptors (Lipinski definition) is 0. The zero-order valence-electron chi connectivity index (χ0n) is 9.78. The highest BCUT2D eigenvalue weighted by Gasteiger charge is 2.06. The minimum Gasteiger partial charge on any atom is -0.355 e. The summed E-state index contributed by atoms with van der Waals surface area (Å²) in [7, 11) is 0. The second-order valence-corrected chi connectivity index (χ2v) is 4.26. The van der Waals surface area contributed by atoms with Crippen molar-refractivity contribution in [2.24, 2.45) is 0 Å². The van der Waals surface area contributed by atoms with Crippen LogP contribution in [0.5, 0.6) is 0 Å². The van der Waals surface area contributed by atoms with Crippen LogP contribution in [0.25, 0.3) is 16.5 Å². The molecule has 1 nitrogen and oxygen atoms in total. The van der Waals surface area contributed by atoms with Crippen LogP contribution in [0, 0.1) is 5.82 Å². The number of H-pyrrole nitrogens is 1. The number of aromatic nitrogens is 1. The molecular formula is C16H12FN. The van der Waals surface area contributed by atoms with E-state index in [9.17, 15) is 4.39 Å². The molecule has 1 heterocycles. The number of rotatable bonds is 2. The quantitative estimate of drug-likeness (QED) is 0.681. The summed E-state index contributed by atoms with van der Waals surface area (Å²) in [5.74, 6) is -0.224. The first-order valence-electron chi connectivity index (χ1n) is 5.77. The fraction of sp³-hybridized carbons (Fsp3) is 0. The molecule has 1 aromatic heterocycles. The van der Waals surface area contributed by atoms with Gasteiger partial charge in [0.05, 0.1) is 0 Å². The highest BCUT2D eigenvalue weighted by molar-refractivity contribution is 5.87. The van der Waals surface area contributed by atoms with Gasteiger partial charge in [-0.15, -0.1) is 0 Å². The van der Waals surface area contributed by atoms with E-state index in [1.54, 1.807) is 6.07 Å². The van der Waals surface area contributed by atoms with Crippen LogP contribution in [-0.2, 0) is 0 Å². The van der Waals surface area contributed by atoms with Crippen molar-refractivity contribution < 1.29 is 4.39 Å². The summed E-state index contributed by atoms with van der Waals surface area (Å²) in [6.07, 6.45) is 0. The Morgan fingerprint density at radius 1 is 1.00 bits per heavy atom. The van der Waals surface area contributed by atoms with Crippen molar-refractivity contribution in [2.45, 2.75) is 0 Å². The summed E-state index contributed by atoms with van der Waals surface area (Å²) < 4.78 is 13.1. The Morgan fingerprint density at radius 3 is 2.56 bits per heavy atom. The van der Waals surface area contributed by atoms with E-state index in [0.29, 0.717) is 0 Å². The van der Waals surface area contributed by atoms with E-state index in [2.05, 4.69) is 11.6 Å². The van der Waals surface area contributed by atoms with Gasteiger partial charge in [0.25, 0.3) is 0 Å². The van der Waals surface area contributed by atoms with Gasteiger partial charge in [0, 0.05) is 16.6 Å². The lowest BCUT2D eigenvalue weighted by atomic mass is 10.1. The minimum atomic E-state index is -0.224. The lowest BCUT2D eigenvalue weighted by Gasteiger charge is -2.02. The minimum absolute atomic E-state index is 0.224. The first-order valence-corrected chi connectivity index (χ1v) is 5.77. The van der Waals surface area contributed by atoms with Crippen LogP contribution >= 0.6 is 0 Å². The van der Waals surface area contributed by atoms with Crippen molar-refractivity contribution in [3.8, 4) is 0 Å². The Hall–Kier alpha value is -2.35. The predicted octanol–water partition coefficient (Wildman–Crippen LogP) is 4.37. The van der Waals surface area contributed by atoms with E-state index in [0.717, 1.165) is 27.7 Å². The van der Waals surface area contributed by atoms with Gasteiger partial charge < -0.3 is 4.98 Å². The maximum atomic E-state index is 13.1. The van der Waals surface area contributed by atoms with Gasteiger partial charge >= 0.3 is 0 Å². The predicted molar refractivity (Wildman–Crippen MR) is 72.8 cm³/mol. The van der Waals surface area contributed by atoms with E-state index in [1.165, 1.54) is 12.1 Å². The molecule has 0 aliphatic carbocycles. The fourth-order valence-electron chi connectivity index (χ4n) is 2.06. The number of benzene rings is 2. The highest BCUT2D eigenvalue weighted by Crippen LogP contribution is 2.25. The van der Waals surface area contributed by atoms with Crippen molar-refractivity contribution >= 4 is 16.5 Å². The van der Waals surface area contributed by atoms with E-state index >= 15 is 0 Å². The molecule has 0 aliphatic rings. The Kier molecular flexibility index (Phi) is 2.49. The summed E-state index contributed by atoms with van der Waals surface area (Å²) in [5.41, 5.74) is 3.81. The van der Waals surface area contributed by atoms with Crippen LogP contribution in [0.1, 0.15) is 11.3 Å². The van der Waals surface area contributed by atoms with Crippen LogP contribution in [0.3, 0.4) is 0 Å². The Morgan fingerprint density at radius 2 is 1.78 bits per heavy atom. The first-order chi connectivity index (χ1) is 8.74. The lowest BCUT2D eigenvalue weighted by Crippen LogP contribution is -1.84. The van der Waals surface area contributed by atoms with Crippen molar-refractivity contribution in [3.63, 3.8) is 0 Å². The second-order valence-electron chi connectivity index (χ2n) is 4.26. The van der Waals surface area contributed by atoms with Crippen LogP contribution in [0.4, 0.5) is 4.39 Å². The molecule has 0 radical (unpaired) electrons. The molecule has 0 fully saturated rings. The largest absolute Gasteiger partial charge is 0.355 e. The molecule has 3 aromatic rings. The lowest BCUT2D eigenvalue weighted by molar-refractivity contribution is 0.630. The number of halogens is 1. The summed E-state index contributed by atoms with van der Waals surface area (Å²) in [6.45, 7) is 4.09. The van der Waals surface area contributed by atoms with Gasteiger partial charge in [-0.3, -0.25) is 0 Å². The highest BCUT2D eigenvalue weighted by atomic mass is 19.1. The van der Waals surface area contributed by atoms with Gasteiger partial charge in [-0.1, -0.05) is 36.9 Å². The van der Waals surface area contributed by atoms with Gasteiger partial charge in [0.15, 0.2) is 0 Å². The number of nitrogens with one attached hydrogen (secondary N) is 1. The van der Waals surface area contributed by atoms with Crippen LogP contribution in [0.2, 0.25) is 0 Å². The zero-order valence-corrected chi connectivity index (χ0v) is 9.78. The van der Waals surface area contributed by atoms with E-state index < -0.39 is 0 Å². The molecule has 0 saturated heterocycles. The molecule has 0 saturated carbocycles. The van der Waals surface area contributed by atoms with E-state index in [-0.39, 0.29) is 5.82 Å². The second kappa shape index (κ2) is 4.15. The van der Waals surface area contributed by atoms with Crippen molar-refractivity contribution in [3.05, 3.63) is 78.3 Å². The summed E-state index contributed by atoms with van der Waals surface area (Å²) >= 11 is 0. The molecule has 0 bridgehead atoms. The third kappa shape index (κ3) is 1.82. The molecule has 0 amide bonds. The smallest absolute Gasteiger partial charge is 0.123 e. The molecule has 18 heavy (non-hydrogen) atoms. The van der Waals surface area contributed by atoms with Crippen molar-refractivity contribution in [1.29, 1.82) is 0 Å². The fourth-order valence-corrected chi connectivity index (χ4v) is 2.06. The topological polar surface area (TPSA) is 15.8 Å². The number of hydrogen-bond donors (Lipinski definition) is 1. The first kappa shape index (κ1) is 10.8. The number of aromatic amines is 1. The van der Waals surface area contributed by atoms with E-state index in [4.69, 9.17) is 0 Å². The summed E-state index contributed by atoms with van der Waals surface area (Å²) in [6, 6.07) is 16.6. The Labute approximate surface area is 105 Å². The molecule has 0 aliphatic heterocycles. The normalized spacial score (nSPS) is 10.7. The Bertz CT molecular complexity index is 710. The maximum absolute atomic E-state index is 13.1. The monoisotopic (exact) mass is 237 g/mol. The average molecular weight is 237 g/mol. The third-order valence-corrected chi connectivity index (χ3v) is 3.03. The molecule has 1 N–H and O–H groups in total. The van der Waals surface area contributed by atoms with Gasteiger partial charge in [-0.05, 0) is 35.4 Å². The van der Waals surface area contributed by atoms with Crippen LogP contribution in [0.15, 0.2) is 61.2 Å². The molecular weight excluding hydrogens is 225 g/mol. The van der Waals surface area contributed by atoms with Gasteiger partial charge in [-0.2, -0.15) is 0 Å². The zero-order chi connectivity index (χ0) is 12.5. The van der Waals surface area contributed by atoms with Crippen LogP contribution < -0.4 is 0 Å². The van der Waals surface area contributed by atoms with Crippen molar-refractivity contribution in [1.82, 2.24) is 4.98 Å². The molecule has 2 aromatic carbocycles. The van der Waals surface area contributed by atoms with Gasteiger partial charge in [0.2, 0.25) is 0 Å². The molecule has 0 unspecified atom stereocenters. The van der Waals surface area contributed by atoms with Gasteiger partial charge in [0.1, 0.15) is 5.82 Å². The average Bonchev–Trinajstić information content (AvgIpc) is 2.81. The Balaban J connectivity index is 2.07. The molecule has 0 spiro atoms. The third-order valence-electron chi connectivity index (χ3n) is 3.03. The van der Waals surface area contributed by atoms with Crippen molar-refractivity contribution in [2.75, 3.05) is 0 Å². The standard InChI is InChI=1S/C16H12FN/c1-11(12-5-3-2-4-6-12)16-10-13-9-14(17)7-8-15(13)18-16/h2-10,18H,1H2. The van der Waals surface area contributed by atoms with Crippen LogP contribution in [-0.4, -0.2) is 4.98 Å². The summed E-state index contributed by atoms with van der Waals surface area (Å²) in [4.78, 5) is 3.25.